The monoisotopic (exact) mass is 294 g/mol. The van der Waals surface area contributed by atoms with Gasteiger partial charge in [-0.25, -0.2) is 18.1 Å². The lowest BCUT2D eigenvalue weighted by atomic mass is 10.1. The highest BCUT2D eigenvalue weighted by Crippen LogP contribution is 2.16. The summed E-state index contributed by atoms with van der Waals surface area (Å²) in [6.07, 6.45) is 2.12. The molecule has 0 aromatic carbocycles. The molecule has 2 heterocycles. The van der Waals surface area contributed by atoms with Crippen LogP contribution in [0.1, 0.15) is 18.5 Å². The van der Waals surface area contributed by atoms with Crippen LogP contribution in [-0.2, 0) is 14.8 Å². The minimum atomic E-state index is -3.82. The van der Waals surface area contributed by atoms with Crippen molar-refractivity contribution in [1.82, 2.24) is 14.6 Å². The van der Waals surface area contributed by atoms with Crippen LogP contribution in [0.25, 0.3) is 0 Å². The topological polar surface area (TPSA) is 103 Å². The van der Waals surface area contributed by atoms with Gasteiger partial charge in [-0.3, -0.25) is 4.79 Å². The van der Waals surface area contributed by atoms with Crippen molar-refractivity contribution < 1.29 is 13.2 Å². The van der Waals surface area contributed by atoms with E-state index in [9.17, 15) is 13.2 Å². The van der Waals surface area contributed by atoms with Crippen LogP contribution >= 0.6 is 0 Å². The molecule has 1 saturated heterocycles. The lowest BCUT2D eigenvalue weighted by Crippen LogP contribution is -2.48. The highest BCUT2D eigenvalue weighted by atomic mass is 32.2. The van der Waals surface area contributed by atoms with Crippen LogP contribution in [0.5, 0.6) is 0 Å². The van der Waals surface area contributed by atoms with Gasteiger partial charge in [0.2, 0.25) is 15.9 Å². The fourth-order valence-corrected chi connectivity index (χ4v) is 3.45. The quantitative estimate of drug-likeness (QED) is 0.835. The number of nitrogens with zero attached hydrogens (tertiary/aromatic N) is 3. The summed E-state index contributed by atoms with van der Waals surface area (Å²) in [6.45, 7) is 0.320. The van der Waals surface area contributed by atoms with Crippen LogP contribution < -0.4 is 4.72 Å². The molecule has 1 N–H and O–H groups in total. The van der Waals surface area contributed by atoms with Crippen LogP contribution in [0.3, 0.4) is 0 Å². The van der Waals surface area contributed by atoms with E-state index in [1.165, 1.54) is 23.2 Å². The summed E-state index contributed by atoms with van der Waals surface area (Å²) in [6, 6.07) is 4.21. The van der Waals surface area contributed by atoms with Crippen molar-refractivity contribution in [2.45, 2.75) is 23.8 Å². The Morgan fingerprint density at radius 2 is 2.30 bits per heavy atom. The molecule has 20 heavy (non-hydrogen) atoms. The van der Waals surface area contributed by atoms with Crippen molar-refractivity contribution >= 4 is 15.9 Å². The Balaban J connectivity index is 2.20. The standard InChI is InChI=1S/C12H14N4O3S/c1-16-8-9(4-5-12(16)17)15-20(18,19)11-3-2-6-14-10(11)7-13/h2-3,6,9,15H,4-5,8H2,1H3. The van der Waals surface area contributed by atoms with E-state index >= 15 is 0 Å². The number of likely N-dealkylation sites (tertiary alicyclic amines) is 1. The molecule has 2 rings (SSSR count). The molecule has 7 nitrogen and oxygen atoms in total. The summed E-state index contributed by atoms with van der Waals surface area (Å²) in [4.78, 5) is 16.5. The SMILES string of the molecule is CN1CC(NS(=O)(=O)c2cccnc2C#N)CCC1=O. The Hall–Kier alpha value is -1.98. The average Bonchev–Trinajstić information content (AvgIpc) is 2.42. The molecule has 106 valence electrons. The number of nitriles is 1. The maximum Gasteiger partial charge on any atom is 0.243 e. The second-order valence-corrected chi connectivity index (χ2v) is 6.28. The predicted octanol–water partition coefficient (Wildman–Crippen LogP) is -0.148. The number of sulfonamides is 1. The molecule has 1 aromatic rings. The predicted molar refractivity (Wildman–Crippen MR) is 69.9 cm³/mol. The number of carbonyl (C=O) groups excluding carboxylic acids is 1. The highest BCUT2D eigenvalue weighted by Gasteiger charge is 2.28. The van der Waals surface area contributed by atoms with Crippen LogP contribution in [-0.4, -0.2) is 43.8 Å². The van der Waals surface area contributed by atoms with Gasteiger partial charge < -0.3 is 4.90 Å². The number of aromatic nitrogens is 1. The summed E-state index contributed by atoms with van der Waals surface area (Å²) < 4.78 is 27.0. The number of amides is 1. The minimum Gasteiger partial charge on any atom is -0.344 e. The first-order chi connectivity index (χ1) is 9.44. The fourth-order valence-electron chi connectivity index (χ4n) is 2.08. The molecule has 0 saturated carbocycles. The van der Waals surface area contributed by atoms with Crippen molar-refractivity contribution in [3.05, 3.63) is 24.0 Å². The number of nitrogens with one attached hydrogen (secondary N) is 1. The fraction of sp³-hybridized carbons (Fsp3) is 0.417. The molecule has 1 aliphatic rings. The third-order valence-corrected chi connectivity index (χ3v) is 4.67. The number of pyridine rings is 1. The summed E-state index contributed by atoms with van der Waals surface area (Å²) in [5.74, 6) is -0.000426. The van der Waals surface area contributed by atoms with Gasteiger partial charge in [-0.2, -0.15) is 5.26 Å². The van der Waals surface area contributed by atoms with Gasteiger partial charge in [-0.15, -0.1) is 0 Å². The van der Waals surface area contributed by atoms with E-state index in [-0.39, 0.29) is 22.5 Å². The maximum atomic E-state index is 12.3. The molecule has 0 aliphatic carbocycles. The van der Waals surface area contributed by atoms with Crippen molar-refractivity contribution in [2.75, 3.05) is 13.6 Å². The lowest BCUT2D eigenvalue weighted by molar-refractivity contribution is -0.132. The first kappa shape index (κ1) is 14.4. The van der Waals surface area contributed by atoms with Crippen LogP contribution in [0, 0.1) is 11.3 Å². The Morgan fingerprint density at radius 1 is 1.55 bits per heavy atom. The second-order valence-electron chi connectivity index (χ2n) is 4.59. The van der Waals surface area contributed by atoms with Gasteiger partial charge in [-0.1, -0.05) is 0 Å². The third kappa shape index (κ3) is 2.95. The zero-order valence-electron chi connectivity index (χ0n) is 10.9. The van der Waals surface area contributed by atoms with E-state index in [0.29, 0.717) is 19.4 Å². The molecule has 1 atom stereocenters. The Kier molecular flexibility index (Phi) is 4.01. The van der Waals surface area contributed by atoms with Gasteiger partial charge in [0.25, 0.3) is 0 Å². The molecular formula is C12H14N4O3S. The first-order valence-electron chi connectivity index (χ1n) is 6.05. The molecule has 1 fully saturated rings. The Bertz CT molecular complexity index is 666. The van der Waals surface area contributed by atoms with Crippen LogP contribution in [0.15, 0.2) is 23.2 Å². The van der Waals surface area contributed by atoms with Crippen molar-refractivity contribution in [3.8, 4) is 6.07 Å². The van der Waals surface area contributed by atoms with E-state index in [0.717, 1.165) is 0 Å². The van der Waals surface area contributed by atoms with Gasteiger partial charge in [0.15, 0.2) is 5.69 Å². The highest BCUT2D eigenvalue weighted by molar-refractivity contribution is 7.89. The van der Waals surface area contributed by atoms with E-state index in [4.69, 9.17) is 5.26 Å². The summed E-state index contributed by atoms with van der Waals surface area (Å²) in [5, 5.41) is 8.91. The second kappa shape index (κ2) is 5.56. The Labute approximate surface area is 117 Å². The van der Waals surface area contributed by atoms with Gasteiger partial charge in [-0.05, 0) is 18.6 Å². The molecular weight excluding hydrogens is 280 g/mol. The van der Waals surface area contributed by atoms with E-state index in [1.807, 2.05) is 0 Å². The maximum absolute atomic E-state index is 12.3. The summed E-state index contributed by atoms with van der Waals surface area (Å²) in [7, 11) is -2.18. The largest absolute Gasteiger partial charge is 0.344 e. The molecule has 1 aromatic heterocycles. The van der Waals surface area contributed by atoms with Gasteiger partial charge in [0.05, 0.1) is 0 Å². The molecule has 1 aliphatic heterocycles. The number of likely N-dealkylation sites (N-methyl/N-ethyl adjacent to an activating group) is 1. The molecule has 8 heteroatoms. The zero-order valence-corrected chi connectivity index (χ0v) is 11.7. The van der Waals surface area contributed by atoms with Crippen molar-refractivity contribution in [1.29, 1.82) is 5.26 Å². The summed E-state index contributed by atoms with van der Waals surface area (Å²) in [5.41, 5.74) is -0.139. The number of piperidine rings is 1. The lowest BCUT2D eigenvalue weighted by Gasteiger charge is -2.29. The van der Waals surface area contributed by atoms with E-state index < -0.39 is 10.0 Å². The molecule has 0 bridgehead atoms. The zero-order chi connectivity index (χ0) is 14.8. The third-order valence-electron chi connectivity index (χ3n) is 3.11. The van der Waals surface area contributed by atoms with Crippen molar-refractivity contribution in [3.63, 3.8) is 0 Å². The summed E-state index contributed by atoms with van der Waals surface area (Å²) >= 11 is 0. The smallest absolute Gasteiger partial charge is 0.243 e. The van der Waals surface area contributed by atoms with Crippen LogP contribution in [0.4, 0.5) is 0 Å². The Morgan fingerprint density at radius 3 is 2.95 bits per heavy atom. The molecule has 1 amide bonds. The molecule has 0 radical (unpaired) electrons. The van der Waals surface area contributed by atoms with Crippen molar-refractivity contribution in [2.24, 2.45) is 0 Å². The number of carbonyl (C=O) groups is 1. The number of hydrogen-bond donors (Lipinski definition) is 1. The number of hydrogen-bond acceptors (Lipinski definition) is 5. The van der Waals surface area contributed by atoms with Gasteiger partial charge in [0.1, 0.15) is 11.0 Å². The number of rotatable bonds is 3. The molecule has 1 unspecified atom stereocenters. The van der Waals surface area contributed by atoms with Crippen LogP contribution in [0.2, 0.25) is 0 Å². The first-order valence-corrected chi connectivity index (χ1v) is 7.54. The van der Waals surface area contributed by atoms with E-state index in [2.05, 4.69) is 9.71 Å². The van der Waals surface area contributed by atoms with E-state index in [1.54, 1.807) is 13.1 Å². The normalized spacial score (nSPS) is 19.7. The molecule has 0 spiro atoms. The van der Waals surface area contributed by atoms with Gasteiger partial charge >= 0.3 is 0 Å². The van der Waals surface area contributed by atoms with Gasteiger partial charge in [0, 0.05) is 32.3 Å². The minimum absolute atomic E-state index is 0.000426. The average molecular weight is 294 g/mol.